The van der Waals surface area contributed by atoms with Gasteiger partial charge < -0.3 is 14.2 Å². The van der Waals surface area contributed by atoms with Gasteiger partial charge in [-0.05, 0) is 43.4 Å². The van der Waals surface area contributed by atoms with E-state index >= 15 is 0 Å². The molecule has 6 nitrogen and oxygen atoms in total. The second kappa shape index (κ2) is 9.80. The van der Waals surface area contributed by atoms with Crippen LogP contribution in [0.15, 0.2) is 23.2 Å². The summed E-state index contributed by atoms with van der Waals surface area (Å²) in [7, 11) is 1.64. The van der Waals surface area contributed by atoms with Gasteiger partial charge >= 0.3 is 0 Å². The predicted octanol–water partition coefficient (Wildman–Crippen LogP) is 3.40. The molecular formula is C21H29N3O3S2. The SMILES string of the molecule is CCn1c(=NC(=O)CSCC(=O)N2CC(C)CC(C)C2)sc2cc(OC)ccc21. The number of hydrogen-bond acceptors (Lipinski definition) is 5. The molecule has 1 aromatic carbocycles. The van der Waals surface area contributed by atoms with E-state index in [1.54, 1.807) is 7.11 Å². The predicted molar refractivity (Wildman–Crippen MR) is 119 cm³/mol. The number of aryl methyl sites for hydroxylation is 1. The molecular weight excluding hydrogens is 406 g/mol. The van der Waals surface area contributed by atoms with Gasteiger partial charge in [0.25, 0.3) is 5.91 Å². The van der Waals surface area contributed by atoms with Gasteiger partial charge in [-0.3, -0.25) is 9.59 Å². The van der Waals surface area contributed by atoms with Crippen LogP contribution in [0.3, 0.4) is 0 Å². The first-order chi connectivity index (χ1) is 13.9. The van der Waals surface area contributed by atoms with Crippen LogP contribution in [0.25, 0.3) is 10.2 Å². The summed E-state index contributed by atoms with van der Waals surface area (Å²) >= 11 is 2.83. The van der Waals surface area contributed by atoms with Crippen molar-refractivity contribution >= 4 is 45.1 Å². The number of aromatic nitrogens is 1. The highest BCUT2D eigenvalue weighted by atomic mass is 32.2. The molecule has 2 unspecified atom stereocenters. The molecule has 0 N–H and O–H groups in total. The topological polar surface area (TPSA) is 63.9 Å². The average Bonchev–Trinajstić information content (AvgIpc) is 3.02. The van der Waals surface area contributed by atoms with E-state index in [0.29, 0.717) is 22.4 Å². The standard InChI is InChI=1S/C21H29N3O3S2/c1-5-24-17-7-6-16(27-4)9-18(17)29-21(24)22-19(25)12-28-13-20(26)23-10-14(2)8-15(3)11-23/h6-7,9,14-15H,5,8,10-13H2,1-4H3. The summed E-state index contributed by atoms with van der Waals surface area (Å²) < 4.78 is 8.35. The lowest BCUT2D eigenvalue weighted by molar-refractivity contribution is -0.130. The molecule has 1 saturated heterocycles. The van der Waals surface area contributed by atoms with Crippen molar-refractivity contribution in [3.8, 4) is 5.75 Å². The quantitative estimate of drug-likeness (QED) is 0.698. The fourth-order valence-electron chi connectivity index (χ4n) is 3.89. The lowest BCUT2D eigenvalue weighted by atomic mass is 9.92. The fraction of sp³-hybridized carbons (Fsp3) is 0.571. The summed E-state index contributed by atoms with van der Waals surface area (Å²) in [5.74, 6) is 2.34. The summed E-state index contributed by atoms with van der Waals surface area (Å²) in [6.07, 6.45) is 1.17. The van der Waals surface area contributed by atoms with Crippen molar-refractivity contribution in [2.75, 3.05) is 31.7 Å². The molecule has 1 aromatic heterocycles. The van der Waals surface area contributed by atoms with Crippen molar-refractivity contribution in [1.29, 1.82) is 0 Å². The molecule has 0 spiro atoms. The molecule has 2 atom stereocenters. The van der Waals surface area contributed by atoms with E-state index in [1.165, 1.54) is 29.5 Å². The highest BCUT2D eigenvalue weighted by molar-refractivity contribution is 8.00. The molecule has 3 rings (SSSR count). The van der Waals surface area contributed by atoms with E-state index < -0.39 is 0 Å². The molecule has 1 aliphatic rings. The lowest BCUT2D eigenvalue weighted by Crippen LogP contribution is -2.43. The molecule has 0 aliphatic carbocycles. The Labute approximate surface area is 180 Å². The van der Waals surface area contributed by atoms with Crippen LogP contribution in [0.1, 0.15) is 27.2 Å². The summed E-state index contributed by atoms with van der Waals surface area (Å²) in [5, 5.41) is 0. The average molecular weight is 436 g/mol. The first-order valence-electron chi connectivity index (χ1n) is 10.0. The maximum Gasteiger partial charge on any atom is 0.258 e. The fourth-order valence-corrected chi connectivity index (χ4v) is 5.73. The van der Waals surface area contributed by atoms with Crippen molar-refractivity contribution in [1.82, 2.24) is 9.47 Å². The molecule has 1 aliphatic heterocycles. The number of piperidine rings is 1. The Hall–Kier alpha value is -1.80. The minimum absolute atomic E-state index is 0.124. The van der Waals surface area contributed by atoms with Crippen molar-refractivity contribution in [3.05, 3.63) is 23.0 Å². The maximum atomic E-state index is 12.5. The molecule has 2 amide bonds. The van der Waals surface area contributed by atoms with Gasteiger partial charge in [0, 0.05) is 19.6 Å². The summed E-state index contributed by atoms with van der Waals surface area (Å²) in [6.45, 7) is 8.79. The number of thioether (sulfide) groups is 1. The number of benzene rings is 1. The molecule has 2 heterocycles. The number of rotatable bonds is 6. The third-order valence-corrected chi connectivity index (χ3v) is 7.04. The molecule has 0 saturated carbocycles. The van der Waals surface area contributed by atoms with Crippen LogP contribution >= 0.6 is 23.1 Å². The van der Waals surface area contributed by atoms with E-state index in [4.69, 9.17) is 4.74 Å². The summed E-state index contributed by atoms with van der Waals surface area (Å²) in [5.41, 5.74) is 1.04. The van der Waals surface area contributed by atoms with E-state index in [9.17, 15) is 9.59 Å². The summed E-state index contributed by atoms with van der Waals surface area (Å²) in [6, 6.07) is 5.87. The van der Waals surface area contributed by atoms with Crippen LogP contribution < -0.4 is 9.54 Å². The largest absolute Gasteiger partial charge is 0.497 e. The number of nitrogens with zero attached hydrogens (tertiary/aromatic N) is 3. The van der Waals surface area contributed by atoms with Gasteiger partial charge in [-0.15, -0.1) is 11.8 Å². The number of likely N-dealkylation sites (tertiary alicyclic amines) is 1. The zero-order valence-corrected chi connectivity index (χ0v) is 19.1. The van der Waals surface area contributed by atoms with Gasteiger partial charge in [-0.25, -0.2) is 0 Å². The Morgan fingerprint density at radius 3 is 2.62 bits per heavy atom. The Morgan fingerprint density at radius 2 is 1.97 bits per heavy atom. The molecule has 0 radical (unpaired) electrons. The number of thiazole rings is 1. The Kier molecular flexibility index (Phi) is 7.40. The normalized spacial score (nSPS) is 20.3. The molecule has 158 valence electrons. The van der Waals surface area contributed by atoms with Gasteiger partial charge in [0.1, 0.15) is 5.75 Å². The van der Waals surface area contributed by atoms with Gasteiger partial charge in [-0.2, -0.15) is 4.99 Å². The van der Waals surface area contributed by atoms with Crippen LogP contribution in [-0.2, 0) is 16.1 Å². The van der Waals surface area contributed by atoms with E-state index in [2.05, 4.69) is 18.8 Å². The first kappa shape index (κ1) is 21.9. The molecule has 1 fully saturated rings. The molecule has 2 aromatic rings. The van der Waals surface area contributed by atoms with Crippen LogP contribution in [0.4, 0.5) is 0 Å². The van der Waals surface area contributed by atoms with Crippen LogP contribution in [0, 0.1) is 11.8 Å². The monoisotopic (exact) mass is 435 g/mol. The number of hydrogen-bond donors (Lipinski definition) is 0. The molecule has 29 heavy (non-hydrogen) atoms. The number of ether oxygens (including phenoxy) is 1. The van der Waals surface area contributed by atoms with Crippen LogP contribution in [0.2, 0.25) is 0 Å². The van der Waals surface area contributed by atoms with E-state index in [0.717, 1.165) is 35.6 Å². The van der Waals surface area contributed by atoms with E-state index in [1.807, 2.05) is 34.6 Å². The van der Waals surface area contributed by atoms with E-state index in [-0.39, 0.29) is 17.6 Å². The highest BCUT2D eigenvalue weighted by Crippen LogP contribution is 2.23. The number of methoxy groups -OCH3 is 1. The molecule has 0 bridgehead atoms. The number of carbonyl (C=O) groups is 2. The Balaban J connectivity index is 1.62. The lowest BCUT2D eigenvalue weighted by Gasteiger charge is -2.35. The van der Waals surface area contributed by atoms with Crippen LogP contribution in [-0.4, -0.2) is 53.0 Å². The van der Waals surface area contributed by atoms with Crippen LogP contribution in [0.5, 0.6) is 5.75 Å². The number of amides is 2. The third-order valence-electron chi connectivity index (χ3n) is 5.10. The van der Waals surface area contributed by atoms with Crippen molar-refractivity contribution in [3.63, 3.8) is 0 Å². The smallest absolute Gasteiger partial charge is 0.258 e. The van der Waals surface area contributed by atoms with Gasteiger partial charge in [-0.1, -0.05) is 25.2 Å². The zero-order chi connectivity index (χ0) is 21.0. The second-order valence-electron chi connectivity index (χ2n) is 7.71. The number of carbonyl (C=O) groups excluding carboxylic acids is 2. The first-order valence-corrected chi connectivity index (χ1v) is 12.0. The van der Waals surface area contributed by atoms with Gasteiger partial charge in [0.15, 0.2) is 4.80 Å². The van der Waals surface area contributed by atoms with Gasteiger partial charge in [0.05, 0.1) is 28.8 Å². The minimum Gasteiger partial charge on any atom is -0.497 e. The number of fused-ring (bicyclic) bond motifs is 1. The van der Waals surface area contributed by atoms with Crippen molar-refractivity contribution in [2.24, 2.45) is 16.8 Å². The van der Waals surface area contributed by atoms with Crippen molar-refractivity contribution < 1.29 is 14.3 Å². The highest BCUT2D eigenvalue weighted by Gasteiger charge is 2.25. The maximum absolute atomic E-state index is 12.5. The van der Waals surface area contributed by atoms with Gasteiger partial charge in [0.2, 0.25) is 5.91 Å². The second-order valence-corrected chi connectivity index (χ2v) is 9.70. The molecule has 8 heteroatoms. The zero-order valence-electron chi connectivity index (χ0n) is 17.5. The summed E-state index contributed by atoms with van der Waals surface area (Å²) in [4.78, 5) is 31.8. The Morgan fingerprint density at radius 1 is 1.24 bits per heavy atom. The Bertz CT molecular complexity index is 940. The third kappa shape index (κ3) is 5.42. The van der Waals surface area contributed by atoms with Crippen molar-refractivity contribution in [2.45, 2.75) is 33.7 Å². The minimum atomic E-state index is -0.205.